The molecule has 0 radical (unpaired) electrons. The Morgan fingerprint density at radius 2 is 2.18 bits per heavy atom. The van der Waals surface area contributed by atoms with E-state index in [1.165, 1.54) is 14.7 Å². The van der Waals surface area contributed by atoms with E-state index >= 15 is 0 Å². The fourth-order valence-corrected chi connectivity index (χ4v) is 1.53. The molecule has 0 aromatic heterocycles. The number of halogens is 1. The van der Waals surface area contributed by atoms with Crippen LogP contribution in [0.4, 0.5) is 0 Å². The van der Waals surface area contributed by atoms with Crippen molar-refractivity contribution in [3.63, 3.8) is 0 Å². The zero-order chi connectivity index (χ0) is 8.27. The normalized spacial score (nSPS) is 10.1. The van der Waals surface area contributed by atoms with Crippen LogP contribution in [0.3, 0.4) is 0 Å². The van der Waals surface area contributed by atoms with Gasteiger partial charge in [-0.2, -0.15) is 0 Å². The van der Waals surface area contributed by atoms with E-state index in [9.17, 15) is 0 Å². The number of aryl methyl sites for hydroxylation is 1. The molecule has 1 nitrogen and oxygen atoms in total. The van der Waals surface area contributed by atoms with Gasteiger partial charge >= 0.3 is 0 Å². The van der Waals surface area contributed by atoms with Gasteiger partial charge in [0.2, 0.25) is 0 Å². The third-order valence-corrected chi connectivity index (χ3v) is 2.78. The standard InChI is InChI=1S/C9H12IN/c1-7-3-4-8(6-11-2)5-9(7)10/h3-5,11H,6H2,1-2H3. The molecule has 60 valence electrons. The van der Waals surface area contributed by atoms with Crippen LogP contribution in [0.25, 0.3) is 0 Å². The molecule has 0 unspecified atom stereocenters. The Morgan fingerprint density at radius 1 is 1.45 bits per heavy atom. The smallest absolute Gasteiger partial charge is 0.0202 e. The van der Waals surface area contributed by atoms with Gasteiger partial charge in [0, 0.05) is 10.1 Å². The minimum absolute atomic E-state index is 0.955. The summed E-state index contributed by atoms with van der Waals surface area (Å²) < 4.78 is 1.34. The fourth-order valence-electron chi connectivity index (χ4n) is 0.950. The van der Waals surface area contributed by atoms with Crippen LogP contribution in [0.15, 0.2) is 18.2 Å². The molecule has 0 fully saturated rings. The van der Waals surface area contributed by atoms with Gasteiger partial charge in [0.25, 0.3) is 0 Å². The van der Waals surface area contributed by atoms with Crippen LogP contribution < -0.4 is 5.32 Å². The first-order chi connectivity index (χ1) is 5.24. The lowest BCUT2D eigenvalue weighted by Crippen LogP contribution is -2.05. The van der Waals surface area contributed by atoms with Crippen molar-refractivity contribution in [2.24, 2.45) is 0 Å². The fraction of sp³-hybridized carbons (Fsp3) is 0.333. The molecule has 1 aromatic rings. The summed E-state index contributed by atoms with van der Waals surface area (Å²) in [5.74, 6) is 0. The zero-order valence-electron chi connectivity index (χ0n) is 6.82. The van der Waals surface area contributed by atoms with Crippen LogP contribution in [0.1, 0.15) is 11.1 Å². The van der Waals surface area contributed by atoms with E-state index in [2.05, 4.69) is 53.0 Å². The molecule has 0 atom stereocenters. The maximum atomic E-state index is 3.13. The maximum Gasteiger partial charge on any atom is 0.0202 e. The summed E-state index contributed by atoms with van der Waals surface area (Å²) in [7, 11) is 1.97. The molecule has 0 amide bonds. The summed E-state index contributed by atoms with van der Waals surface area (Å²) in [6, 6.07) is 6.54. The molecule has 11 heavy (non-hydrogen) atoms. The first kappa shape index (κ1) is 9.00. The van der Waals surface area contributed by atoms with Gasteiger partial charge in [-0.1, -0.05) is 12.1 Å². The van der Waals surface area contributed by atoms with Gasteiger partial charge in [-0.3, -0.25) is 0 Å². The molecule has 0 saturated carbocycles. The van der Waals surface area contributed by atoms with Crippen molar-refractivity contribution >= 4 is 22.6 Å². The summed E-state index contributed by atoms with van der Waals surface area (Å²) in [5.41, 5.74) is 2.70. The van der Waals surface area contributed by atoms with Crippen LogP contribution in [0, 0.1) is 10.5 Å². The molecule has 2 heteroatoms. The van der Waals surface area contributed by atoms with Crippen LogP contribution in [0.5, 0.6) is 0 Å². The van der Waals surface area contributed by atoms with E-state index in [0.29, 0.717) is 0 Å². The van der Waals surface area contributed by atoms with Crippen LogP contribution in [-0.4, -0.2) is 7.05 Å². The van der Waals surface area contributed by atoms with Crippen molar-refractivity contribution in [3.05, 3.63) is 32.9 Å². The van der Waals surface area contributed by atoms with E-state index in [0.717, 1.165) is 6.54 Å². The number of hydrogen-bond acceptors (Lipinski definition) is 1. The minimum Gasteiger partial charge on any atom is -0.316 e. The minimum atomic E-state index is 0.955. The Balaban J connectivity index is 2.86. The molecule has 0 aliphatic heterocycles. The van der Waals surface area contributed by atoms with E-state index in [-0.39, 0.29) is 0 Å². The highest BCUT2D eigenvalue weighted by Gasteiger charge is 1.94. The molecule has 0 bridgehead atoms. The Morgan fingerprint density at radius 3 is 2.73 bits per heavy atom. The predicted molar refractivity (Wildman–Crippen MR) is 56.7 cm³/mol. The van der Waals surface area contributed by atoms with Gasteiger partial charge in [0.1, 0.15) is 0 Å². The molecular weight excluding hydrogens is 249 g/mol. The summed E-state index contributed by atoms with van der Waals surface area (Å²) >= 11 is 2.36. The van der Waals surface area contributed by atoms with Crippen molar-refractivity contribution in [1.82, 2.24) is 5.32 Å². The van der Waals surface area contributed by atoms with Crippen molar-refractivity contribution in [2.75, 3.05) is 7.05 Å². The lowest BCUT2D eigenvalue weighted by atomic mass is 10.1. The predicted octanol–water partition coefficient (Wildman–Crippen LogP) is 2.32. The van der Waals surface area contributed by atoms with Crippen LogP contribution >= 0.6 is 22.6 Å². The molecule has 0 spiro atoms. The first-order valence-electron chi connectivity index (χ1n) is 3.63. The van der Waals surface area contributed by atoms with E-state index in [4.69, 9.17) is 0 Å². The Kier molecular flexibility index (Phi) is 3.33. The molecule has 1 N–H and O–H groups in total. The largest absolute Gasteiger partial charge is 0.316 e. The average Bonchev–Trinajstić information content (AvgIpc) is 1.98. The van der Waals surface area contributed by atoms with Crippen molar-refractivity contribution in [3.8, 4) is 0 Å². The monoisotopic (exact) mass is 261 g/mol. The summed E-state index contributed by atoms with van der Waals surface area (Å²) in [6.45, 7) is 3.08. The van der Waals surface area contributed by atoms with Crippen LogP contribution in [0.2, 0.25) is 0 Å². The summed E-state index contributed by atoms with van der Waals surface area (Å²) in [6.07, 6.45) is 0. The highest BCUT2D eigenvalue weighted by Crippen LogP contribution is 2.12. The first-order valence-corrected chi connectivity index (χ1v) is 4.71. The van der Waals surface area contributed by atoms with Gasteiger partial charge in [-0.15, -0.1) is 0 Å². The third-order valence-electron chi connectivity index (χ3n) is 1.62. The molecule has 0 aliphatic carbocycles. The Bertz CT molecular complexity index is 245. The molecule has 1 rings (SSSR count). The maximum absolute atomic E-state index is 3.13. The van der Waals surface area contributed by atoms with Crippen LogP contribution in [-0.2, 0) is 6.54 Å². The third kappa shape index (κ3) is 2.45. The lowest BCUT2D eigenvalue weighted by Gasteiger charge is -2.02. The topological polar surface area (TPSA) is 12.0 Å². The highest BCUT2D eigenvalue weighted by molar-refractivity contribution is 14.1. The second-order valence-electron chi connectivity index (χ2n) is 2.61. The van der Waals surface area contributed by atoms with E-state index < -0.39 is 0 Å². The summed E-state index contributed by atoms with van der Waals surface area (Å²) in [5, 5.41) is 3.13. The molecule has 0 aliphatic rings. The number of rotatable bonds is 2. The lowest BCUT2D eigenvalue weighted by molar-refractivity contribution is 0.817. The van der Waals surface area contributed by atoms with Crippen molar-refractivity contribution in [1.29, 1.82) is 0 Å². The Hall–Kier alpha value is -0.0900. The second-order valence-corrected chi connectivity index (χ2v) is 3.78. The SMILES string of the molecule is CNCc1ccc(C)c(I)c1. The molecule has 0 heterocycles. The number of nitrogens with one attached hydrogen (secondary N) is 1. The summed E-state index contributed by atoms with van der Waals surface area (Å²) in [4.78, 5) is 0. The van der Waals surface area contributed by atoms with Gasteiger partial charge in [-0.05, 0) is 53.8 Å². The van der Waals surface area contributed by atoms with Gasteiger partial charge < -0.3 is 5.32 Å². The zero-order valence-corrected chi connectivity index (χ0v) is 8.97. The molecular formula is C9H12IN. The van der Waals surface area contributed by atoms with Gasteiger partial charge in [-0.25, -0.2) is 0 Å². The highest BCUT2D eigenvalue weighted by atomic mass is 127. The second kappa shape index (κ2) is 4.07. The molecule has 0 saturated heterocycles. The van der Waals surface area contributed by atoms with Crippen molar-refractivity contribution < 1.29 is 0 Å². The van der Waals surface area contributed by atoms with Crippen molar-refractivity contribution in [2.45, 2.75) is 13.5 Å². The Labute approximate surface area is 81.3 Å². The number of benzene rings is 1. The average molecular weight is 261 g/mol. The van der Waals surface area contributed by atoms with E-state index in [1.54, 1.807) is 0 Å². The van der Waals surface area contributed by atoms with Gasteiger partial charge in [0.15, 0.2) is 0 Å². The quantitative estimate of drug-likeness (QED) is 0.805. The molecule has 1 aromatic carbocycles. The number of hydrogen-bond donors (Lipinski definition) is 1. The van der Waals surface area contributed by atoms with Gasteiger partial charge in [0.05, 0.1) is 0 Å². The van der Waals surface area contributed by atoms with E-state index in [1.807, 2.05) is 7.05 Å².